The summed E-state index contributed by atoms with van der Waals surface area (Å²) in [5.41, 5.74) is 15.0. The van der Waals surface area contributed by atoms with Crippen LogP contribution in [0.4, 0.5) is 0 Å². The molecule has 3 nitrogen and oxygen atoms in total. The Balaban J connectivity index is 1.90. The van der Waals surface area contributed by atoms with E-state index in [-0.39, 0.29) is 17.1 Å². The molecule has 6 atom stereocenters. The van der Waals surface area contributed by atoms with E-state index in [1.54, 1.807) is 6.07 Å². The molecule has 0 fully saturated rings. The molecule has 6 aromatic carbocycles. The summed E-state index contributed by atoms with van der Waals surface area (Å²) in [5, 5.41) is 5.25. The van der Waals surface area contributed by atoms with E-state index in [1.807, 2.05) is 0 Å². The first-order valence-corrected chi connectivity index (χ1v) is 25.2. The highest BCUT2D eigenvalue weighted by Gasteiger charge is 2.40. The minimum absolute atomic E-state index is 0.184. The molecule has 6 aromatic rings. The van der Waals surface area contributed by atoms with Crippen molar-refractivity contribution >= 4 is 34.8 Å². The van der Waals surface area contributed by atoms with Crippen LogP contribution in [0.3, 0.4) is 0 Å². The maximum absolute atomic E-state index is 11.4. The topological polar surface area (TPSA) is 60.7 Å². The second kappa shape index (κ2) is 19.3. The molecule has 0 saturated carbocycles. The van der Waals surface area contributed by atoms with Crippen molar-refractivity contribution in [3.05, 3.63) is 124 Å². The molecule has 0 bridgehead atoms. The summed E-state index contributed by atoms with van der Waals surface area (Å²) in [6, 6.07) is 31.8. The third-order valence-electron chi connectivity index (χ3n) is 14.7. The lowest BCUT2D eigenvalue weighted by molar-refractivity contribution is 0.347. The van der Waals surface area contributed by atoms with E-state index in [9.17, 15) is 14.7 Å². The van der Waals surface area contributed by atoms with Crippen LogP contribution in [0, 0.1) is 6.92 Å². The maximum atomic E-state index is 11.4. The SMILES string of the molecule is CCC(C)c1cc(C(C)CC)c2cc(-c3ccc([P+](O)(O)O)c(-c4ccc(C)cc4)c3-c3cc4c(C(C)CC)cc(C(C)CC)cc4cc3C(C)CC)c(C(C)CC)cc2c1. The highest BCUT2D eigenvalue weighted by atomic mass is 31.2. The Hall–Kier alpha value is -3.85. The number of hydrogen-bond acceptors (Lipinski definition) is 3. The number of rotatable bonds is 16. The number of aryl methyl sites for hydroxylation is 1. The Morgan fingerprint density at radius 2 is 0.820 bits per heavy atom. The fourth-order valence-corrected chi connectivity index (χ4v) is 10.1. The lowest BCUT2D eigenvalue weighted by Gasteiger charge is -2.27. The van der Waals surface area contributed by atoms with Gasteiger partial charge in [0.1, 0.15) is 0 Å². The van der Waals surface area contributed by atoms with Crippen molar-refractivity contribution in [2.24, 2.45) is 0 Å². The van der Waals surface area contributed by atoms with Crippen LogP contribution in [-0.4, -0.2) is 14.7 Å². The molecule has 4 heteroatoms. The molecule has 0 aromatic heterocycles. The zero-order valence-electron chi connectivity index (χ0n) is 39.6. The van der Waals surface area contributed by atoms with Gasteiger partial charge in [0.15, 0.2) is 5.30 Å². The first-order valence-electron chi connectivity index (χ1n) is 23.6. The molecular formula is C57H74O3P+. The predicted molar refractivity (Wildman–Crippen MR) is 268 cm³/mol. The first kappa shape index (κ1) is 46.6. The molecule has 0 spiro atoms. The molecular weight excluding hydrogens is 764 g/mol. The highest BCUT2D eigenvalue weighted by molar-refractivity contribution is 7.67. The van der Waals surface area contributed by atoms with Gasteiger partial charge in [0, 0.05) is 11.1 Å². The van der Waals surface area contributed by atoms with Crippen molar-refractivity contribution in [1.29, 1.82) is 0 Å². The average Bonchev–Trinajstić information content (AvgIpc) is 3.27. The van der Waals surface area contributed by atoms with Crippen LogP contribution in [0.2, 0.25) is 0 Å². The third kappa shape index (κ3) is 9.29. The molecule has 6 unspecified atom stereocenters. The Morgan fingerprint density at radius 3 is 1.25 bits per heavy atom. The summed E-state index contributed by atoms with van der Waals surface area (Å²) in [7, 11) is -4.51. The Labute approximate surface area is 369 Å². The van der Waals surface area contributed by atoms with Gasteiger partial charge in [-0.1, -0.05) is 149 Å². The molecule has 61 heavy (non-hydrogen) atoms. The second-order valence-corrected chi connectivity index (χ2v) is 20.3. The van der Waals surface area contributed by atoms with Crippen LogP contribution in [-0.2, 0) is 0 Å². The van der Waals surface area contributed by atoms with Crippen molar-refractivity contribution in [2.75, 3.05) is 0 Å². The summed E-state index contributed by atoms with van der Waals surface area (Å²) in [6.07, 6.45) is 6.15. The lowest BCUT2D eigenvalue weighted by atomic mass is 9.77. The van der Waals surface area contributed by atoms with Crippen LogP contribution < -0.4 is 5.30 Å². The second-order valence-electron chi connectivity index (χ2n) is 18.7. The number of fused-ring (bicyclic) bond motifs is 2. The largest absolute Gasteiger partial charge is 0.441 e. The van der Waals surface area contributed by atoms with Gasteiger partial charge in [-0.15, -0.1) is 0 Å². The summed E-state index contributed by atoms with van der Waals surface area (Å²) in [5.74, 6) is 2.09. The van der Waals surface area contributed by atoms with E-state index in [2.05, 4.69) is 169 Å². The van der Waals surface area contributed by atoms with E-state index in [0.29, 0.717) is 29.2 Å². The van der Waals surface area contributed by atoms with Crippen molar-refractivity contribution in [3.63, 3.8) is 0 Å². The van der Waals surface area contributed by atoms with Crippen LogP contribution in [0.25, 0.3) is 54.9 Å². The van der Waals surface area contributed by atoms with Gasteiger partial charge >= 0.3 is 7.94 Å². The zero-order valence-corrected chi connectivity index (χ0v) is 40.5. The predicted octanol–water partition coefficient (Wildman–Crippen LogP) is 16.7. The van der Waals surface area contributed by atoms with E-state index in [0.717, 1.165) is 66.3 Å². The Kier molecular flexibility index (Phi) is 14.7. The molecule has 0 radical (unpaired) electrons. The van der Waals surface area contributed by atoms with Gasteiger partial charge in [-0.3, -0.25) is 0 Å². The summed E-state index contributed by atoms with van der Waals surface area (Å²) < 4.78 is 0. The van der Waals surface area contributed by atoms with E-state index >= 15 is 0 Å². The van der Waals surface area contributed by atoms with Gasteiger partial charge in [0.25, 0.3) is 0 Å². The van der Waals surface area contributed by atoms with E-state index in [1.165, 1.54) is 60.5 Å². The molecule has 0 saturated heterocycles. The van der Waals surface area contributed by atoms with Crippen molar-refractivity contribution in [1.82, 2.24) is 0 Å². The molecule has 0 aliphatic heterocycles. The first-order chi connectivity index (χ1) is 29.0. The molecule has 3 N–H and O–H groups in total. The standard InChI is InChI=1S/C57H74O3P/c1-14-35(8)42-26-44-30-49(39(12)18-5)53(32-51(44)47(28-42)37(10)16-3)46-24-25-55(61(58,59)60)56(41-22-20-34(7)21-23-41)57(46)54-33-52-45(31-50(54)40(13)19-6)27-43(36(9)15-2)29-48(52)38(11)17-4/h20-33,35-40,58-60H,14-19H2,1-13H3/q+1. The fourth-order valence-electron chi connectivity index (χ4n) is 9.32. The minimum Gasteiger partial charge on any atom is -0.189 e. The molecule has 0 amide bonds. The molecule has 0 aliphatic carbocycles. The average molecular weight is 838 g/mol. The van der Waals surface area contributed by atoms with Gasteiger partial charge in [-0.05, 0) is 182 Å². The monoisotopic (exact) mass is 838 g/mol. The Morgan fingerprint density at radius 1 is 0.410 bits per heavy atom. The van der Waals surface area contributed by atoms with Gasteiger partial charge in [-0.2, -0.15) is 14.7 Å². The van der Waals surface area contributed by atoms with Gasteiger partial charge < -0.3 is 0 Å². The lowest BCUT2D eigenvalue weighted by Crippen LogP contribution is -2.15. The fraction of sp³-hybridized carbons (Fsp3) is 0.439. The van der Waals surface area contributed by atoms with Crippen molar-refractivity contribution in [2.45, 2.75) is 164 Å². The summed E-state index contributed by atoms with van der Waals surface area (Å²) in [4.78, 5) is 34.3. The molecule has 6 rings (SSSR count). The van der Waals surface area contributed by atoms with Crippen LogP contribution >= 0.6 is 7.94 Å². The van der Waals surface area contributed by atoms with Crippen molar-refractivity contribution < 1.29 is 14.7 Å². The van der Waals surface area contributed by atoms with E-state index in [4.69, 9.17) is 0 Å². The molecule has 324 valence electrons. The quantitative estimate of drug-likeness (QED) is 0.0851. The normalized spacial score (nSPS) is 15.2. The summed E-state index contributed by atoms with van der Waals surface area (Å²) >= 11 is 0. The molecule has 0 heterocycles. The minimum atomic E-state index is -4.51. The van der Waals surface area contributed by atoms with Crippen LogP contribution in [0.1, 0.15) is 196 Å². The van der Waals surface area contributed by atoms with Gasteiger partial charge in [0.05, 0.1) is 0 Å². The number of hydrogen-bond donors (Lipinski definition) is 3. The smallest absolute Gasteiger partial charge is 0.189 e. The van der Waals surface area contributed by atoms with Gasteiger partial charge in [0.2, 0.25) is 0 Å². The summed E-state index contributed by atoms with van der Waals surface area (Å²) in [6.45, 7) is 29.8. The van der Waals surface area contributed by atoms with Crippen LogP contribution in [0.5, 0.6) is 0 Å². The van der Waals surface area contributed by atoms with Gasteiger partial charge in [-0.25, -0.2) is 0 Å². The van der Waals surface area contributed by atoms with Crippen LogP contribution in [0.15, 0.2) is 84.9 Å². The zero-order chi connectivity index (χ0) is 44.5. The van der Waals surface area contributed by atoms with Crippen molar-refractivity contribution in [3.8, 4) is 33.4 Å². The highest BCUT2D eigenvalue weighted by Crippen LogP contribution is 2.53. The number of benzene rings is 6. The van der Waals surface area contributed by atoms with E-state index < -0.39 is 7.94 Å². The Bertz CT molecular complexity index is 2490. The third-order valence-corrected chi connectivity index (χ3v) is 15.7. The molecule has 0 aliphatic rings. The maximum Gasteiger partial charge on any atom is 0.441 e.